The normalized spacial score (nSPS) is 14.8. The van der Waals surface area contributed by atoms with E-state index in [4.69, 9.17) is 14.6 Å². The summed E-state index contributed by atoms with van der Waals surface area (Å²) in [5.74, 6) is 1.40. The van der Waals surface area contributed by atoms with Gasteiger partial charge in [-0.2, -0.15) is 5.10 Å². The van der Waals surface area contributed by atoms with Crippen LogP contribution in [0.4, 0.5) is 0 Å². The van der Waals surface area contributed by atoms with Crippen LogP contribution in [-0.4, -0.2) is 29.4 Å². The van der Waals surface area contributed by atoms with Crippen LogP contribution in [0.1, 0.15) is 28.4 Å². The monoisotopic (exact) mass is 425 g/mol. The van der Waals surface area contributed by atoms with Gasteiger partial charge in [0.1, 0.15) is 17.2 Å². The topological polar surface area (TPSA) is 65.4 Å². The summed E-state index contributed by atoms with van der Waals surface area (Å²) in [7, 11) is 1.63. The zero-order valence-corrected chi connectivity index (χ0v) is 17.7. The van der Waals surface area contributed by atoms with E-state index in [1.54, 1.807) is 18.0 Å². The number of nitrogens with one attached hydrogen (secondary N) is 1. The Labute approximate surface area is 186 Å². The predicted octanol–water partition coefficient (Wildman–Crippen LogP) is 4.80. The number of hydrogen-bond donors (Lipinski definition) is 1. The van der Waals surface area contributed by atoms with E-state index in [-0.39, 0.29) is 11.9 Å². The van der Waals surface area contributed by atoms with Gasteiger partial charge in [-0.15, -0.1) is 0 Å². The smallest absolute Gasteiger partial charge is 0.255 e. The van der Waals surface area contributed by atoms with Crippen LogP contribution < -0.4 is 14.8 Å². The largest absolute Gasteiger partial charge is 0.497 e. The van der Waals surface area contributed by atoms with Gasteiger partial charge < -0.3 is 14.8 Å². The van der Waals surface area contributed by atoms with Crippen molar-refractivity contribution in [3.8, 4) is 28.4 Å². The van der Waals surface area contributed by atoms with Crippen molar-refractivity contribution in [1.29, 1.82) is 0 Å². The van der Waals surface area contributed by atoms with Crippen molar-refractivity contribution in [2.75, 3.05) is 13.7 Å². The van der Waals surface area contributed by atoms with Crippen LogP contribution in [0.25, 0.3) is 16.9 Å². The van der Waals surface area contributed by atoms with Crippen LogP contribution >= 0.6 is 0 Å². The van der Waals surface area contributed by atoms with E-state index in [1.807, 2.05) is 78.9 Å². The number of amides is 1. The van der Waals surface area contributed by atoms with Crippen LogP contribution in [0.2, 0.25) is 0 Å². The Morgan fingerprint density at radius 1 is 1.03 bits per heavy atom. The Kier molecular flexibility index (Phi) is 5.34. The lowest BCUT2D eigenvalue weighted by Crippen LogP contribution is -2.32. The van der Waals surface area contributed by atoms with Gasteiger partial charge in [-0.1, -0.05) is 36.4 Å². The molecule has 32 heavy (non-hydrogen) atoms. The minimum absolute atomic E-state index is 0.115. The van der Waals surface area contributed by atoms with E-state index in [9.17, 15) is 4.79 Å². The van der Waals surface area contributed by atoms with Gasteiger partial charge in [-0.25, -0.2) is 4.68 Å². The summed E-state index contributed by atoms with van der Waals surface area (Å²) in [5.41, 5.74) is 3.86. The summed E-state index contributed by atoms with van der Waals surface area (Å²) in [6, 6.07) is 25.0. The second kappa shape index (κ2) is 8.59. The molecule has 1 aliphatic heterocycles. The van der Waals surface area contributed by atoms with Crippen molar-refractivity contribution >= 4 is 5.91 Å². The number of carbonyl (C=O) groups excluding carboxylic acids is 1. The Bertz CT molecular complexity index is 1230. The number of methoxy groups -OCH3 is 1. The minimum atomic E-state index is -0.167. The highest BCUT2D eigenvalue weighted by Crippen LogP contribution is 2.32. The van der Waals surface area contributed by atoms with Crippen molar-refractivity contribution in [2.45, 2.75) is 12.5 Å². The zero-order chi connectivity index (χ0) is 21.9. The third-order valence-electron chi connectivity index (χ3n) is 5.61. The molecule has 0 radical (unpaired) electrons. The van der Waals surface area contributed by atoms with Gasteiger partial charge in [0, 0.05) is 23.7 Å². The third-order valence-corrected chi connectivity index (χ3v) is 5.61. The van der Waals surface area contributed by atoms with Gasteiger partial charge in [-0.3, -0.25) is 4.79 Å². The number of ether oxygens (including phenoxy) is 2. The highest BCUT2D eigenvalue weighted by atomic mass is 16.5. The van der Waals surface area contributed by atoms with Crippen LogP contribution in [0, 0.1) is 0 Å². The molecule has 0 bridgehead atoms. The number of rotatable bonds is 5. The maximum absolute atomic E-state index is 13.5. The standard InChI is InChI=1S/C26H23N3O3/c1-31-20-13-11-18(12-14-20)25-22(17-29(28-25)19-7-3-2-4-8-19)26(30)27-23-15-16-32-24-10-6-5-9-21(23)24/h2-14,17,23H,15-16H2,1H3,(H,27,30)/t23-/m0/s1. The maximum atomic E-state index is 13.5. The number of fused-ring (bicyclic) bond motifs is 1. The van der Waals surface area contributed by atoms with Crippen molar-refractivity contribution in [2.24, 2.45) is 0 Å². The summed E-state index contributed by atoms with van der Waals surface area (Å²) in [6.07, 6.45) is 2.50. The summed E-state index contributed by atoms with van der Waals surface area (Å²) >= 11 is 0. The quantitative estimate of drug-likeness (QED) is 0.499. The second-order valence-corrected chi connectivity index (χ2v) is 7.60. The van der Waals surface area contributed by atoms with E-state index < -0.39 is 0 Å². The number of hydrogen-bond acceptors (Lipinski definition) is 4. The van der Waals surface area contributed by atoms with Crippen molar-refractivity contribution in [3.05, 3.63) is 96.2 Å². The first-order valence-corrected chi connectivity index (χ1v) is 10.5. The molecule has 0 unspecified atom stereocenters. The molecule has 4 aromatic rings. The molecule has 6 nitrogen and oxygen atoms in total. The molecule has 1 amide bonds. The van der Waals surface area contributed by atoms with Crippen molar-refractivity contribution < 1.29 is 14.3 Å². The van der Waals surface area contributed by atoms with Crippen LogP contribution in [0.5, 0.6) is 11.5 Å². The Morgan fingerprint density at radius 2 is 1.78 bits per heavy atom. The fraction of sp³-hybridized carbons (Fsp3) is 0.154. The average molecular weight is 425 g/mol. The van der Waals surface area contributed by atoms with Crippen molar-refractivity contribution in [1.82, 2.24) is 15.1 Å². The van der Waals surface area contributed by atoms with Crippen LogP contribution in [0.3, 0.4) is 0 Å². The summed E-state index contributed by atoms with van der Waals surface area (Å²) in [4.78, 5) is 13.5. The molecule has 1 N–H and O–H groups in total. The molecular formula is C26H23N3O3. The Hall–Kier alpha value is -4.06. The average Bonchev–Trinajstić information content (AvgIpc) is 3.31. The van der Waals surface area contributed by atoms with E-state index >= 15 is 0 Å². The van der Waals surface area contributed by atoms with Crippen molar-refractivity contribution in [3.63, 3.8) is 0 Å². The summed E-state index contributed by atoms with van der Waals surface area (Å²) in [5, 5.41) is 7.95. The summed E-state index contributed by atoms with van der Waals surface area (Å²) in [6.45, 7) is 0.566. The van der Waals surface area contributed by atoms with Gasteiger partial charge in [0.05, 0.1) is 31.0 Å². The highest BCUT2D eigenvalue weighted by Gasteiger charge is 2.26. The van der Waals surface area contributed by atoms with Gasteiger partial charge in [-0.05, 0) is 42.5 Å². The highest BCUT2D eigenvalue weighted by molar-refractivity contribution is 6.00. The molecule has 1 aromatic heterocycles. The van der Waals surface area contributed by atoms with E-state index in [2.05, 4.69) is 5.32 Å². The molecule has 160 valence electrons. The van der Waals surface area contributed by atoms with Gasteiger partial charge in [0.15, 0.2) is 0 Å². The lowest BCUT2D eigenvalue weighted by Gasteiger charge is -2.26. The van der Waals surface area contributed by atoms with Crippen LogP contribution in [-0.2, 0) is 0 Å². The zero-order valence-electron chi connectivity index (χ0n) is 17.7. The molecule has 0 saturated carbocycles. The number of benzene rings is 3. The van der Waals surface area contributed by atoms with Gasteiger partial charge in [0.25, 0.3) is 5.91 Å². The van der Waals surface area contributed by atoms with E-state index in [0.717, 1.165) is 28.3 Å². The number of para-hydroxylation sites is 2. The summed E-state index contributed by atoms with van der Waals surface area (Å²) < 4.78 is 12.8. The fourth-order valence-electron chi connectivity index (χ4n) is 3.94. The Morgan fingerprint density at radius 3 is 2.56 bits per heavy atom. The molecule has 1 atom stereocenters. The van der Waals surface area contributed by atoms with Gasteiger partial charge in [0.2, 0.25) is 0 Å². The first-order valence-electron chi connectivity index (χ1n) is 10.5. The first-order chi connectivity index (χ1) is 15.7. The number of nitrogens with zero attached hydrogens (tertiary/aromatic N) is 2. The first kappa shape index (κ1) is 19.9. The van der Waals surface area contributed by atoms with Gasteiger partial charge >= 0.3 is 0 Å². The molecule has 2 heterocycles. The lowest BCUT2D eigenvalue weighted by molar-refractivity contribution is 0.0925. The molecule has 0 aliphatic carbocycles. The third kappa shape index (κ3) is 3.83. The maximum Gasteiger partial charge on any atom is 0.255 e. The molecule has 0 fully saturated rings. The molecule has 3 aromatic carbocycles. The lowest BCUT2D eigenvalue weighted by atomic mass is 10.00. The second-order valence-electron chi connectivity index (χ2n) is 7.60. The molecule has 1 aliphatic rings. The molecule has 6 heteroatoms. The Balaban J connectivity index is 1.52. The SMILES string of the molecule is COc1ccc(-c2nn(-c3ccccc3)cc2C(=O)N[C@H]2CCOc3ccccc32)cc1. The minimum Gasteiger partial charge on any atom is -0.497 e. The number of carbonyl (C=O) groups is 1. The van der Waals surface area contributed by atoms with E-state index in [1.165, 1.54) is 0 Å². The fourth-order valence-corrected chi connectivity index (χ4v) is 3.94. The molecule has 0 spiro atoms. The number of aromatic nitrogens is 2. The molecule has 0 saturated heterocycles. The molecular weight excluding hydrogens is 402 g/mol. The molecule has 5 rings (SSSR count). The van der Waals surface area contributed by atoms with E-state index in [0.29, 0.717) is 24.3 Å². The van der Waals surface area contributed by atoms with Crippen LogP contribution in [0.15, 0.2) is 85.1 Å². The predicted molar refractivity (Wildman–Crippen MR) is 122 cm³/mol.